The zero-order valence-corrected chi connectivity index (χ0v) is 11.5. The van der Waals surface area contributed by atoms with Crippen LogP contribution in [-0.2, 0) is 0 Å². The number of rotatable bonds is 8. The van der Waals surface area contributed by atoms with Gasteiger partial charge in [-0.3, -0.25) is 4.90 Å². The molecular weight excluding hydrogens is 202 g/mol. The molecule has 0 aliphatic carbocycles. The Bertz CT molecular complexity index is 183. The summed E-state index contributed by atoms with van der Waals surface area (Å²) in [7, 11) is 2.10. The molecule has 0 saturated carbocycles. The summed E-state index contributed by atoms with van der Waals surface area (Å²) < 4.78 is 0. The molecule has 2 atom stereocenters. The summed E-state index contributed by atoms with van der Waals surface area (Å²) in [6.45, 7) is 10.8. The van der Waals surface area contributed by atoms with E-state index in [1.165, 1.54) is 0 Å². The van der Waals surface area contributed by atoms with Crippen molar-refractivity contribution in [1.82, 2.24) is 10.2 Å². The van der Waals surface area contributed by atoms with Gasteiger partial charge in [0.2, 0.25) is 0 Å². The van der Waals surface area contributed by atoms with Gasteiger partial charge in [-0.1, -0.05) is 0 Å². The smallest absolute Gasteiger partial charge is 0.0524 e. The topological polar surface area (TPSA) is 61.5 Å². The molecule has 0 aliphatic rings. The van der Waals surface area contributed by atoms with Crippen molar-refractivity contribution in [2.75, 3.05) is 26.7 Å². The fourth-order valence-corrected chi connectivity index (χ4v) is 1.55. The van der Waals surface area contributed by atoms with E-state index < -0.39 is 0 Å². The fourth-order valence-electron chi connectivity index (χ4n) is 1.55. The molecule has 0 aromatic heterocycles. The maximum absolute atomic E-state index is 9.29. The largest absolute Gasteiger partial charge is 0.393 e. The van der Waals surface area contributed by atoms with Crippen LogP contribution in [0.3, 0.4) is 0 Å². The minimum absolute atomic E-state index is 0.0596. The monoisotopic (exact) mass is 231 g/mol. The third-order valence-electron chi connectivity index (χ3n) is 3.52. The van der Waals surface area contributed by atoms with Gasteiger partial charge in [-0.15, -0.1) is 0 Å². The zero-order chi connectivity index (χ0) is 12.8. The minimum atomic E-state index is -0.231. The van der Waals surface area contributed by atoms with Gasteiger partial charge in [-0.05, 0) is 41.2 Å². The number of likely N-dealkylation sites (N-methyl/N-ethyl adjacent to an activating group) is 1. The third-order valence-corrected chi connectivity index (χ3v) is 3.52. The van der Waals surface area contributed by atoms with Crippen LogP contribution in [0.25, 0.3) is 0 Å². The van der Waals surface area contributed by atoms with Crippen molar-refractivity contribution in [3.8, 4) is 0 Å². The summed E-state index contributed by atoms with van der Waals surface area (Å²) in [5.41, 5.74) is 5.55. The number of nitrogens with one attached hydrogen (secondary N) is 1. The van der Waals surface area contributed by atoms with Crippen LogP contribution in [0.1, 0.15) is 34.1 Å². The molecule has 2 unspecified atom stereocenters. The molecule has 0 amide bonds. The van der Waals surface area contributed by atoms with E-state index >= 15 is 0 Å². The first-order valence-electron chi connectivity index (χ1n) is 6.15. The predicted molar refractivity (Wildman–Crippen MR) is 69.5 cm³/mol. The van der Waals surface area contributed by atoms with E-state index in [4.69, 9.17) is 5.73 Å². The summed E-state index contributed by atoms with van der Waals surface area (Å²) >= 11 is 0. The Hall–Kier alpha value is -0.160. The standard InChI is InChI=1S/C12H29N3O/c1-10(16)6-9-15(5)12(3,4)11(2)14-8-7-13/h10-11,14,16H,6-9,13H2,1-5H3. The van der Waals surface area contributed by atoms with Crippen LogP contribution in [0, 0.1) is 0 Å². The molecule has 0 fully saturated rings. The van der Waals surface area contributed by atoms with E-state index in [1.807, 2.05) is 6.92 Å². The maximum Gasteiger partial charge on any atom is 0.0524 e. The summed E-state index contributed by atoms with van der Waals surface area (Å²) in [4.78, 5) is 2.29. The van der Waals surface area contributed by atoms with Crippen molar-refractivity contribution in [2.24, 2.45) is 5.73 Å². The second-order valence-electron chi connectivity index (χ2n) is 5.18. The van der Waals surface area contributed by atoms with Gasteiger partial charge in [0.15, 0.2) is 0 Å². The Morgan fingerprint density at radius 1 is 1.38 bits per heavy atom. The van der Waals surface area contributed by atoms with Crippen LogP contribution in [0.2, 0.25) is 0 Å². The average Bonchev–Trinajstić information content (AvgIpc) is 2.21. The van der Waals surface area contributed by atoms with Crippen molar-refractivity contribution in [3.63, 3.8) is 0 Å². The Balaban J connectivity index is 4.16. The molecule has 4 nitrogen and oxygen atoms in total. The first kappa shape index (κ1) is 15.8. The Kier molecular flexibility index (Phi) is 7.15. The molecule has 0 aromatic carbocycles. The lowest BCUT2D eigenvalue weighted by molar-refractivity contribution is 0.0910. The van der Waals surface area contributed by atoms with E-state index in [-0.39, 0.29) is 11.6 Å². The van der Waals surface area contributed by atoms with Gasteiger partial charge in [0, 0.05) is 31.2 Å². The van der Waals surface area contributed by atoms with Crippen molar-refractivity contribution < 1.29 is 5.11 Å². The number of hydrogen-bond acceptors (Lipinski definition) is 4. The Morgan fingerprint density at radius 2 is 1.94 bits per heavy atom. The van der Waals surface area contributed by atoms with Gasteiger partial charge in [0.05, 0.1) is 6.10 Å². The molecule has 0 saturated heterocycles. The van der Waals surface area contributed by atoms with Crippen LogP contribution >= 0.6 is 0 Å². The molecule has 0 aromatic rings. The van der Waals surface area contributed by atoms with Crippen molar-refractivity contribution in [1.29, 1.82) is 0 Å². The van der Waals surface area contributed by atoms with E-state index in [0.717, 1.165) is 19.5 Å². The minimum Gasteiger partial charge on any atom is -0.393 e. The SMILES string of the molecule is CC(O)CCN(C)C(C)(C)C(C)NCCN. The van der Waals surface area contributed by atoms with Gasteiger partial charge in [-0.2, -0.15) is 0 Å². The highest BCUT2D eigenvalue weighted by atomic mass is 16.3. The molecule has 4 N–H and O–H groups in total. The van der Waals surface area contributed by atoms with Crippen molar-refractivity contribution >= 4 is 0 Å². The number of hydrogen-bond donors (Lipinski definition) is 3. The van der Waals surface area contributed by atoms with E-state index in [0.29, 0.717) is 12.6 Å². The summed E-state index contributed by atoms with van der Waals surface area (Å²) in [5, 5.41) is 12.7. The van der Waals surface area contributed by atoms with Crippen LogP contribution < -0.4 is 11.1 Å². The van der Waals surface area contributed by atoms with Crippen LogP contribution in [0.5, 0.6) is 0 Å². The second kappa shape index (κ2) is 7.22. The molecule has 0 aliphatic heterocycles. The van der Waals surface area contributed by atoms with Gasteiger partial charge in [0.25, 0.3) is 0 Å². The lowest BCUT2D eigenvalue weighted by Gasteiger charge is -2.41. The Morgan fingerprint density at radius 3 is 2.38 bits per heavy atom. The molecule has 0 rings (SSSR count). The van der Waals surface area contributed by atoms with Gasteiger partial charge >= 0.3 is 0 Å². The molecule has 0 spiro atoms. The highest BCUT2D eigenvalue weighted by Crippen LogP contribution is 2.17. The summed E-state index contributed by atoms with van der Waals surface area (Å²) in [6.07, 6.45) is 0.578. The maximum atomic E-state index is 9.29. The molecule has 0 bridgehead atoms. The van der Waals surface area contributed by atoms with Gasteiger partial charge in [0.1, 0.15) is 0 Å². The van der Waals surface area contributed by atoms with Crippen LogP contribution in [-0.4, -0.2) is 54.4 Å². The normalized spacial score (nSPS) is 16.5. The van der Waals surface area contributed by atoms with Gasteiger partial charge < -0.3 is 16.2 Å². The summed E-state index contributed by atoms with van der Waals surface area (Å²) in [6, 6.07) is 0.370. The number of nitrogens with two attached hydrogens (primary N) is 1. The molecule has 98 valence electrons. The van der Waals surface area contributed by atoms with Crippen molar-refractivity contribution in [2.45, 2.75) is 51.8 Å². The van der Waals surface area contributed by atoms with E-state index in [2.05, 4.69) is 38.0 Å². The quantitative estimate of drug-likeness (QED) is 0.566. The number of nitrogens with zero attached hydrogens (tertiary/aromatic N) is 1. The lowest BCUT2D eigenvalue weighted by atomic mass is 9.93. The average molecular weight is 231 g/mol. The fraction of sp³-hybridized carbons (Fsp3) is 1.00. The first-order chi connectivity index (χ1) is 7.32. The van der Waals surface area contributed by atoms with E-state index in [9.17, 15) is 5.11 Å². The third kappa shape index (κ3) is 5.25. The van der Waals surface area contributed by atoms with E-state index in [1.54, 1.807) is 0 Å². The molecule has 4 heteroatoms. The van der Waals surface area contributed by atoms with Crippen LogP contribution in [0.4, 0.5) is 0 Å². The molecular formula is C12H29N3O. The second-order valence-corrected chi connectivity index (χ2v) is 5.18. The number of aliphatic hydroxyl groups is 1. The highest BCUT2D eigenvalue weighted by Gasteiger charge is 2.29. The zero-order valence-electron chi connectivity index (χ0n) is 11.5. The molecule has 16 heavy (non-hydrogen) atoms. The molecule has 0 radical (unpaired) electrons. The predicted octanol–water partition coefficient (Wildman–Crippen LogP) is 0.405. The van der Waals surface area contributed by atoms with Gasteiger partial charge in [-0.25, -0.2) is 0 Å². The Labute approximate surface area is 100 Å². The first-order valence-corrected chi connectivity index (χ1v) is 6.15. The lowest BCUT2D eigenvalue weighted by Crippen LogP contribution is -2.56. The number of aliphatic hydroxyl groups excluding tert-OH is 1. The highest BCUT2D eigenvalue weighted by molar-refractivity contribution is 4.89. The van der Waals surface area contributed by atoms with Crippen LogP contribution in [0.15, 0.2) is 0 Å². The molecule has 0 heterocycles. The summed E-state index contributed by atoms with van der Waals surface area (Å²) in [5.74, 6) is 0. The van der Waals surface area contributed by atoms with Crippen molar-refractivity contribution in [3.05, 3.63) is 0 Å².